The minimum Gasteiger partial charge on any atom is -0.0622 e. The molecule has 0 unspecified atom stereocenters. The van der Waals surface area contributed by atoms with Gasteiger partial charge in [-0.1, -0.05) is 99.5 Å². The van der Waals surface area contributed by atoms with Gasteiger partial charge in [-0.2, -0.15) is 0 Å². The standard InChI is InChI=1S/C23H30/c1-2-4-9-15-21(16-10-5-3-1)23-18-12-11-17-22(23)19-20-13-7-6-8-14-20/h6-8,11-14,17-18,21H,1-5,9-10,15-16,19H2. The van der Waals surface area contributed by atoms with Crippen LogP contribution in [0.3, 0.4) is 0 Å². The van der Waals surface area contributed by atoms with Crippen molar-refractivity contribution < 1.29 is 0 Å². The smallest absolute Gasteiger partial charge is 0.00229 e. The van der Waals surface area contributed by atoms with E-state index in [1.165, 1.54) is 63.4 Å². The molecule has 0 heteroatoms. The molecule has 1 fully saturated rings. The lowest BCUT2D eigenvalue weighted by molar-refractivity contribution is 0.461. The molecular formula is C23H30. The first-order valence-corrected chi connectivity index (χ1v) is 9.55. The van der Waals surface area contributed by atoms with E-state index in [0.29, 0.717) is 0 Å². The predicted molar refractivity (Wildman–Crippen MR) is 100.0 cm³/mol. The summed E-state index contributed by atoms with van der Waals surface area (Å²) in [4.78, 5) is 0. The van der Waals surface area contributed by atoms with Crippen LogP contribution in [0.25, 0.3) is 0 Å². The minimum absolute atomic E-state index is 0.771. The zero-order valence-corrected chi connectivity index (χ0v) is 14.3. The van der Waals surface area contributed by atoms with E-state index in [1.807, 2.05) is 0 Å². The molecular weight excluding hydrogens is 276 g/mol. The molecule has 0 aliphatic heterocycles. The molecule has 1 saturated carbocycles. The van der Waals surface area contributed by atoms with Crippen molar-refractivity contribution in [2.75, 3.05) is 0 Å². The Balaban J connectivity index is 1.77. The summed E-state index contributed by atoms with van der Waals surface area (Å²) in [6.45, 7) is 0. The second-order valence-corrected chi connectivity index (χ2v) is 7.11. The molecule has 0 aromatic heterocycles. The maximum absolute atomic E-state index is 2.40. The second-order valence-electron chi connectivity index (χ2n) is 7.11. The van der Waals surface area contributed by atoms with Crippen LogP contribution in [-0.2, 0) is 6.42 Å². The van der Waals surface area contributed by atoms with Crippen LogP contribution in [0.2, 0.25) is 0 Å². The third-order valence-electron chi connectivity index (χ3n) is 5.34. The van der Waals surface area contributed by atoms with Gasteiger partial charge in [-0.05, 0) is 41.9 Å². The lowest BCUT2D eigenvalue weighted by Crippen LogP contribution is -2.05. The molecule has 0 amide bonds. The Morgan fingerprint density at radius 1 is 0.609 bits per heavy atom. The molecule has 0 radical (unpaired) electrons. The van der Waals surface area contributed by atoms with Crippen LogP contribution in [0.1, 0.15) is 80.4 Å². The molecule has 1 aliphatic carbocycles. The molecule has 0 bridgehead atoms. The summed E-state index contributed by atoms with van der Waals surface area (Å²) in [6, 6.07) is 20.1. The summed E-state index contributed by atoms with van der Waals surface area (Å²) in [7, 11) is 0. The molecule has 0 N–H and O–H groups in total. The van der Waals surface area contributed by atoms with Gasteiger partial charge in [0.2, 0.25) is 0 Å². The van der Waals surface area contributed by atoms with Crippen molar-refractivity contribution in [2.45, 2.75) is 70.1 Å². The lowest BCUT2D eigenvalue weighted by atomic mass is 9.83. The van der Waals surface area contributed by atoms with Crippen molar-refractivity contribution in [2.24, 2.45) is 0 Å². The Morgan fingerprint density at radius 3 is 1.87 bits per heavy atom. The van der Waals surface area contributed by atoms with Crippen LogP contribution in [-0.4, -0.2) is 0 Å². The van der Waals surface area contributed by atoms with Crippen LogP contribution in [0.5, 0.6) is 0 Å². The van der Waals surface area contributed by atoms with E-state index in [2.05, 4.69) is 54.6 Å². The largest absolute Gasteiger partial charge is 0.0622 e. The van der Waals surface area contributed by atoms with E-state index in [-0.39, 0.29) is 0 Å². The van der Waals surface area contributed by atoms with Gasteiger partial charge in [-0.3, -0.25) is 0 Å². The van der Waals surface area contributed by atoms with Crippen molar-refractivity contribution in [3.05, 3.63) is 71.3 Å². The first-order valence-electron chi connectivity index (χ1n) is 9.55. The normalized spacial score (nSPS) is 17.7. The highest BCUT2D eigenvalue weighted by atomic mass is 14.2. The van der Waals surface area contributed by atoms with Crippen LogP contribution in [0, 0.1) is 0 Å². The second kappa shape index (κ2) is 8.91. The van der Waals surface area contributed by atoms with Gasteiger partial charge in [0.1, 0.15) is 0 Å². The Bertz CT molecular complexity index is 560. The molecule has 0 heterocycles. The zero-order chi connectivity index (χ0) is 15.7. The van der Waals surface area contributed by atoms with Crippen LogP contribution in [0.15, 0.2) is 54.6 Å². The van der Waals surface area contributed by atoms with Crippen LogP contribution >= 0.6 is 0 Å². The zero-order valence-electron chi connectivity index (χ0n) is 14.3. The molecule has 23 heavy (non-hydrogen) atoms. The van der Waals surface area contributed by atoms with Gasteiger partial charge in [0.05, 0.1) is 0 Å². The third-order valence-corrected chi connectivity index (χ3v) is 5.34. The maximum Gasteiger partial charge on any atom is -0.00229 e. The fourth-order valence-electron chi connectivity index (χ4n) is 4.03. The maximum atomic E-state index is 2.40. The quantitative estimate of drug-likeness (QED) is 0.579. The first kappa shape index (κ1) is 16.3. The van der Waals surface area contributed by atoms with Gasteiger partial charge in [-0.15, -0.1) is 0 Å². The van der Waals surface area contributed by atoms with Crippen LogP contribution in [0.4, 0.5) is 0 Å². The number of hydrogen-bond donors (Lipinski definition) is 0. The van der Waals surface area contributed by atoms with E-state index in [4.69, 9.17) is 0 Å². The summed E-state index contributed by atoms with van der Waals surface area (Å²) in [6.07, 6.45) is 13.8. The summed E-state index contributed by atoms with van der Waals surface area (Å²) in [5.74, 6) is 0.771. The average Bonchev–Trinajstić information content (AvgIpc) is 2.61. The molecule has 0 nitrogen and oxygen atoms in total. The predicted octanol–water partition coefficient (Wildman–Crippen LogP) is 6.89. The van der Waals surface area contributed by atoms with Crippen molar-refractivity contribution in [1.82, 2.24) is 0 Å². The van der Waals surface area contributed by atoms with E-state index < -0.39 is 0 Å². The minimum atomic E-state index is 0.771. The molecule has 0 spiro atoms. The molecule has 1 aliphatic rings. The number of rotatable bonds is 3. The topological polar surface area (TPSA) is 0 Å². The molecule has 3 rings (SSSR count). The summed E-state index contributed by atoms with van der Waals surface area (Å²) < 4.78 is 0. The Labute approximate surface area is 141 Å². The lowest BCUT2D eigenvalue weighted by Gasteiger charge is -2.22. The third kappa shape index (κ3) is 4.96. The monoisotopic (exact) mass is 306 g/mol. The average molecular weight is 306 g/mol. The van der Waals surface area contributed by atoms with Gasteiger partial charge in [0, 0.05) is 0 Å². The molecule has 0 saturated heterocycles. The van der Waals surface area contributed by atoms with E-state index in [1.54, 1.807) is 11.1 Å². The first-order chi connectivity index (χ1) is 11.4. The summed E-state index contributed by atoms with van der Waals surface area (Å²) >= 11 is 0. The highest BCUT2D eigenvalue weighted by molar-refractivity contribution is 5.35. The van der Waals surface area contributed by atoms with Gasteiger partial charge in [0.25, 0.3) is 0 Å². The highest BCUT2D eigenvalue weighted by Gasteiger charge is 2.15. The van der Waals surface area contributed by atoms with Crippen molar-refractivity contribution >= 4 is 0 Å². The van der Waals surface area contributed by atoms with Crippen molar-refractivity contribution in [1.29, 1.82) is 0 Å². The molecule has 0 atom stereocenters. The van der Waals surface area contributed by atoms with Crippen molar-refractivity contribution in [3.8, 4) is 0 Å². The SMILES string of the molecule is c1ccc(Cc2ccccc2C2CCCCCCCCC2)cc1. The molecule has 2 aromatic rings. The Morgan fingerprint density at radius 2 is 1.17 bits per heavy atom. The van der Waals surface area contributed by atoms with Gasteiger partial charge in [0.15, 0.2) is 0 Å². The molecule has 2 aromatic carbocycles. The Hall–Kier alpha value is -1.56. The fraction of sp³-hybridized carbons (Fsp3) is 0.478. The van der Waals surface area contributed by atoms with E-state index in [9.17, 15) is 0 Å². The van der Waals surface area contributed by atoms with Crippen LogP contribution < -0.4 is 0 Å². The van der Waals surface area contributed by atoms with Crippen molar-refractivity contribution in [3.63, 3.8) is 0 Å². The van der Waals surface area contributed by atoms with Gasteiger partial charge < -0.3 is 0 Å². The number of benzene rings is 2. The fourth-order valence-corrected chi connectivity index (χ4v) is 4.03. The van der Waals surface area contributed by atoms with E-state index in [0.717, 1.165) is 12.3 Å². The van der Waals surface area contributed by atoms with Gasteiger partial charge in [-0.25, -0.2) is 0 Å². The van der Waals surface area contributed by atoms with Gasteiger partial charge >= 0.3 is 0 Å². The Kier molecular flexibility index (Phi) is 6.32. The molecule has 122 valence electrons. The number of hydrogen-bond acceptors (Lipinski definition) is 0. The summed E-state index contributed by atoms with van der Waals surface area (Å²) in [5.41, 5.74) is 4.59. The highest BCUT2D eigenvalue weighted by Crippen LogP contribution is 2.32. The summed E-state index contributed by atoms with van der Waals surface area (Å²) in [5, 5.41) is 0. The van der Waals surface area contributed by atoms with E-state index >= 15 is 0 Å².